The molecular formula is C47H54O13. The van der Waals surface area contributed by atoms with Crippen molar-refractivity contribution in [2.24, 2.45) is 0 Å². The molecule has 13 nitrogen and oxygen atoms in total. The Morgan fingerprint density at radius 1 is 0.467 bits per heavy atom. The summed E-state index contributed by atoms with van der Waals surface area (Å²) in [5.41, 5.74) is 3.70. The van der Waals surface area contributed by atoms with Crippen LogP contribution >= 0.6 is 0 Å². The number of hydrogen-bond donors (Lipinski definition) is 0. The third-order valence-corrected chi connectivity index (χ3v) is 10.1. The highest BCUT2D eigenvalue weighted by Gasteiger charge is 2.55. The van der Waals surface area contributed by atoms with Gasteiger partial charge in [0.2, 0.25) is 0 Å². The normalized spacial score (nSPS) is 26.5. The van der Waals surface area contributed by atoms with E-state index in [1.807, 2.05) is 121 Å². The van der Waals surface area contributed by atoms with E-state index in [2.05, 4.69) is 0 Å². The van der Waals surface area contributed by atoms with Crippen LogP contribution in [0.3, 0.4) is 0 Å². The molecule has 0 aliphatic carbocycles. The summed E-state index contributed by atoms with van der Waals surface area (Å²) in [6, 6.07) is 38.9. The van der Waals surface area contributed by atoms with Crippen LogP contribution in [0.25, 0.3) is 0 Å². The highest BCUT2D eigenvalue weighted by atomic mass is 16.7. The maximum Gasteiger partial charge on any atom is 0.303 e. The minimum atomic E-state index is -1.25. The monoisotopic (exact) mass is 826 g/mol. The summed E-state index contributed by atoms with van der Waals surface area (Å²) in [6.07, 6.45) is -9.93. The van der Waals surface area contributed by atoms with E-state index in [0.717, 1.165) is 22.3 Å². The first-order chi connectivity index (χ1) is 29.1. The third kappa shape index (κ3) is 13.0. The second kappa shape index (κ2) is 22.6. The highest BCUT2D eigenvalue weighted by Crippen LogP contribution is 2.36. The molecule has 0 N–H and O–H groups in total. The van der Waals surface area contributed by atoms with Gasteiger partial charge in [-0.3, -0.25) is 14.4 Å². The lowest BCUT2D eigenvalue weighted by Crippen LogP contribution is -2.66. The first-order valence-electron chi connectivity index (χ1n) is 20.2. The molecule has 2 aliphatic heterocycles. The molecule has 1 unspecified atom stereocenters. The predicted octanol–water partition coefficient (Wildman–Crippen LogP) is 6.28. The molecule has 0 saturated carbocycles. The fourth-order valence-corrected chi connectivity index (χ4v) is 7.29. The Kier molecular flexibility index (Phi) is 16.8. The van der Waals surface area contributed by atoms with Crippen molar-refractivity contribution in [3.63, 3.8) is 0 Å². The van der Waals surface area contributed by atoms with Crippen LogP contribution in [0.1, 0.15) is 49.9 Å². The number of esters is 3. The van der Waals surface area contributed by atoms with E-state index in [1.165, 1.54) is 20.8 Å². The number of ether oxygens (including phenoxy) is 10. The fraction of sp³-hybridized carbons (Fsp3) is 0.426. The molecule has 0 radical (unpaired) electrons. The van der Waals surface area contributed by atoms with Gasteiger partial charge >= 0.3 is 17.9 Å². The van der Waals surface area contributed by atoms with Crippen molar-refractivity contribution in [1.82, 2.24) is 0 Å². The Hall–Kier alpha value is -4.99. The quantitative estimate of drug-likeness (QED) is 0.0774. The zero-order valence-corrected chi connectivity index (χ0v) is 34.4. The number of carbonyl (C=O) groups excluding carboxylic acids is 3. The molecule has 0 amide bonds. The minimum Gasteiger partial charge on any atom is -0.463 e. The summed E-state index contributed by atoms with van der Waals surface area (Å²) < 4.78 is 63.8. The molecule has 0 spiro atoms. The first-order valence-corrected chi connectivity index (χ1v) is 20.2. The van der Waals surface area contributed by atoms with E-state index in [4.69, 9.17) is 47.4 Å². The molecule has 2 saturated heterocycles. The van der Waals surface area contributed by atoms with Crippen molar-refractivity contribution in [1.29, 1.82) is 0 Å². The molecular weight excluding hydrogens is 773 g/mol. The predicted molar refractivity (Wildman–Crippen MR) is 217 cm³/mol. The molecule has 10 atom stereocenters. The lowest BCUT2D eigenvalue weighted by Gasteiger charge is -2.49. The van der Waals surface area contributed by atoms with Gasteiger partial charge in [0.25, 0.3) is 0 Å². The van der Waals surface area contributed by atoms with Gasteiger partial charge in [-0.15, -0.1) is 0 Å². The summed E-state index contributed by atoms with van der Waals surface area (Å²) in [7, 11) is 0. The molecule has 320 valence electrons. The number of rotatable bonds is 19. The first kappa shape index (κ1) is 44.6. The van der Waals surface area contributed by atoms with E-state index in [0.29, 0.717) is 6.61 Å². The Balaban J connectivity index is 1.41. The van der Waals surface area contributed by atoms with Crippen LogP contribution in [-0.2, 0) is 88.2 Å². The fourth-order valence-electron chi connectivity index (χ4n) is 7.29. The SMILES string of the molecule is CC(=O)OC[C@H]1O[C@@H](C)[C@@H](OC(C)=O)[C@@H](OC2O[C@H](COCc3ccccc3)[C@H](OCc3ccccc3)[C@H](OCc3ccccc3)[C@H]2OCc2ccccc2)[C@@H]1OC(C)=O. The zero-order valence-electron chi connectivity index (χ0n) is 34.4. The molecule has 4 aromatic carbocycles. The molecule has 4 aromatic rings. The van der Waals surface area contributed by atoms with Crippen LogP contribution in [-0.4, -0.2) is 92.3 Å². The summed E-state index contributed by atoms with van der Waals surface area (Å²) in [4.78, 5) is 37.3. The summed E-state index contributed by atoms with van der Waals surface area (Å²) in [5, 5.41) is 0. The van der Waals surface area contributed by atoms with Gasteiger partial charge in [0.05, 0.1) is 39.1 Å². The third-order valence-electron chi connectivity index (χ3n) is 10.1. The van der Waals surface area contributed by atoms with Gasteiger partial charge in [0.15, 0.2) is 18.5 Å². The van der Waals surface area contributed by atoms with Gasteiger partial charge in [-0.1, -0.05) is 121 Å². The Morgan fingerprint density at radius 2 is 0.900 bits per heavy atom. The standard InChI is InChI=1S/C47H54O13/c1-31-41(57-33(3)49)45(43(58-34(4)50)40(56-31)30-52-32(2)48)60-47-46(55-28-38-23-15-8-16-24-38)44(54-27-37-21-13-7-14-22-37)42(53-26-36-19-11-6-12-20-36)39(59-47)29-51-25-35-17-9-5-10-18-35/h5-24,31,39-47H,25-30H2,1-4H3/t31-,39+,40+,41+,42-,43+,44-,45+,46+,47?/m0/s1. The molecule has 2 heterocycles. The van der Waals surface area contributed by atoms with Crippen molar-refractivity contribution in [2.75, 3.05) is 13.2 Å². The van der Waals surface area contributed by atoms with E-state index in [9.17, 15) is 14.4 Å². The van der Waals surface area contributed by atoms with E-state index < -0.39 is 79.1 Å². The summed E-state index contributed by atoms with van der Waals surface area (Å²) in [5.74, 6) is -1.83. The highest BCUT2D eigenvalue weighted by molar-refractivity contribution is 5.67. The van der Waals surface area contributed by atoms with Gasteiger partial charge in [0, 0.05) is 20.8 Å². The van der Waals surface area contributed by atoms with E-state index >= 15 is 0 Å². The smallest absolute Gasteiger partial charge is 0.303 e. The van der Waals surface area contributed by atoms with Crippen LogP contribution < -0.4 is 0 Å². The molecule has 0 aromatic heterocycles. The van der Waals surface area contributed by atoms with Crippen LogP contribution in [0.2, 0.25) is 0 Å². The van der Waals surface area contributed by atoms with Crippen molar-refractivity contribution in [3.05, 3.63) is 144 Å². The molecule has 60 heavy (non-hydrogen) atoms. The summed E-state index contributed by atoms with van der Waals surface area (Å²) in [6.45, 7) is 6.10. The Labute approximate surface area is 351 Å². The summed E-state index contributed by atoms with van der Waals surface area (Å²) >= 11 is 0. The molecule has 2 fully saturated rings. The van der Waals surface area contributed by atoms with Gasteiger partial charge in [-0.05, 0) is 29.2 Å². The Bertz CT molecular complexity index is 1900. The average molecular weight is 827 g/mol. The second-order valence-corrected chi connectivity index (χ2v) is 14.8. The molecule has 0 bridgehead atoms. The van der Waals surface area contributed by atoms with Crippen molar-refractivity contribution < 1.29 is 61.8 Å². The van der Waals surface area contributed by atoms with Crippen molar-refractivity contribution >= 4 is 17.9 Å². The maximum atomic E-state index is 12.7. The van der Waals surface area contributed by atoms with Crippen LogP contribution in [0.4, 0.5) is 0 Å². The average Bonchev–Trinajstić information content (AvgIpc) is 3.24. The van der Waals surface area contributed by atoms with E-state index in [-0.39, 0.29) is 33.0 Å². The molecule has 13 heteroatoms. The van der Waals surface area contributed by atoms with E-state index in [1.54, 1.807) is 6.92 Å². The second-order valence-electron chi connectivity index (χ2n) is 14.8. The Morgan fingerprint density at radius 3 is 1.38 bits per heavy atom. The number of benzene rings is 4. The maximum absolute atomic E-state index is 12.7. The van der Waals surface area contributed by atoms with Crippen LogP contribution in [0, 0.1) is 0 Å². The zero-order chi connectivity index (χ0) is 42.3. The lowest BCUT2D eigenvalue weighted by molar-refractivity contribution is -0.358. The topological polar surface area (TPSA) is 144 Å². The molecule has 2 aliphatic rings. The minimum absolute atomic E-state index is 0.0603. The van der Waals surface area contributed by atoms with Crippen LogP contribution in [0.15, 0.2) is 121 Å². The number of hydrogen-bond acceptors (Lipinski definition) is 13. The van der Waals surface area contributed by atoms with Crippen LogP contribution in [0.5, 0.6) is 0 Å². The largest absolute Gasteiger partial charge is 0.463 e. The van der Waals surface area contributed by atoms with Gasteiger partial charge in [-0.25, -0.2) is 0 Å². The van der Waals surface area contributed by atoms with Gasteiger partial charge < -0.3 is 47.4 Å². The molecule has 6 rings (SSSR count). The van der Waals surface area contributed by atoms with Gasteiger partial charge in [0.1, 0.15) is 43.2 Å². The lowest BCUT2D eigenvalue weighted by atomic mass is 9.94. The van der Waals surface area contributed by atoms with Gasteiger partial charge in [-0.2, -0.15) is 0 Å². The van der Waals surface area contributed by atoms with Crippen molar-refractivity contribution in [3.8, 4) is 0 Å². The number of carbonyl (C=O) groups is 3. The van der Waals surface area contributed by atoms with Crippen molar-refractivity contribution in [2.45, 2.75) is 115 Å².